The number of hydrogen-bond acceptors (Lipinski definition) is 2. The zero-order valence-corrected chi connectivity index (χ0v) is 16.7. The van der Waals surface area contributed by atoms with Gasteiger partial charge in [0.05, 0.1) is 18.5 Å². The molecular formula is C19H34O2Si. The normalized spacial score (nSPS) is 41.3. The SMILES string of the molecule is COC1=C(C)[C@H]2CC[C@@H]3[C@H]2[C@H]1C[C@@]3(C)O[Si](C)(C)C(C)(C)C. The Morgan fingerprint density at radius 3 is 2.32 bits per heavy atom. The van der Waals surface area contributed by atoms with Crippen LogP contribution in [0, 0.1) is 23.7 Å². The molecule has 0 amide bonds. The second-order valence-corrected chi connectivity index (χ2v) is 14.3. The fourth-order valence-electron chi connectivity index (χ4n) is 5.44. The molecule has 3 aliphatic carbocycles. The molecule has 0 aromatic carbocycles. The van der Waals surface area contributed by atoms with Gasteiger partial charge in [-0.05, 0) is 74.6 Å². The van der Waals surface area contributed by atoms with Crippen molar-refractivity contribution in [3.8, 4) is 0 Å². The third kappa shape index (κ3) is 2.15. The highest BCUT2D eigenvalue weighted by atomic mass is 28.4. The Morgan fingerprint density at radius 2 is 1.77 bits per heavy atom. The zero-order valence-electron chi connectivity index (χ0n) is 15.7. The lowest BCUT2D eigenvalue weighted by Crippen LogP contribution is -2.50. The Labute approximate surface area is 137 Å². The summed E-state index contributed by atoms with van der Waals surface area (Å²) in [6, 6.07) is 0. The van der Waals surface area contributed by atoms with Crippen LogP contribution < -0.4 is 0 Å². The van der Waals surface area contributed by atoms with Crippen molar-refractivity contribution in [3.63, 3.8) is 0 Å². The number of rotatable bonds is 3. The molecule has 3 aliphatic rings. The van der Waals surface area contributed by atoms with Gasteiger partial charge in [-0.25, -0.2) is 0 Å². The molecule has 0 saturated heterocycles. The van der Waals surface area contributed by atoms with Gasteiger partial charge in [0, 0.05) is 5.92 Å². The Kier molecular flexibility index (Phi) is 3.66. The molecule has 126 valence electrons. The number of allylic oxidation sites excluding steroid dienone is 2. The van der Waals surface area contributed by atoms with E-state index in [0.29, 0.717) is 5.92 Å². The maximum Gasteiger partial charge on any atom is 0.192 e. The van der Waals surface area contributed by atoms with Crippen molar-refractivity contribution in [3.05, 3.63) is 11.3 Å². The molecule has 2 fully saturated rings. The molecule has 2 nitrogen and oxygen atoms in total. The van der Waals surface area contributed by atoms with Crippen molar-refractivity contribution in [2.75, 3.05) is 7.11 Å². The second kappa shape index (κ2) is 4.86. The average Bonchev–Trinajstić information content (AvgIpc) is 2.96. The van der Waals surface area contributed by atoms with Crippen LogP contribution in [-0.4, -0.2) is 21.0 Å². The fraction of sp³-hybridized carbons (Fsp3) is 0.895. The quantitative estimate of drug-likeness (QED) is 0.651. The van der Waals surface area contributed by atoms with Crippen LogP contribution in [0.25, 0.3) is 0 Å². The third-order valence-corrected chi connectivity index (χ3v) is 12.0. The van der Waals surface area contributed by atoms with Crippen LogP contribution in [0.1, 0.15) is 53.9 Å². The summed E-state index contributed by atoms with van der Waals surface area (Å²) >= 11 is 0. The smallest absolute Gasteiger partial charge is 0.192 e. The van der Waals surface area contributed by atoms with Crippen LogP contribution in [0.5, 0.6) is 0 Å². The largest absolute Gasteiger partial charge is 0.501 e. The summed E-state index contributed by atoms with van der Waals surface area (Å²) in [7, 11) is 0.125. The van der Waals surface area contributed by atoms with E-state index in [1.54, 1.807) is 0 Å². The first-order valence-corrected chi connectivity index (χ1v) is 11.9. The van der Waals surface area contributed by atoms with Crippen molar-refractivity contribution in [2.24, 2.45) is 23.7 Å². The summed E-state index contributed by atoms with van der Waals surface area (Å²) in [5, 5.41) is 0.279. The van der Waals surface area contributed by atoms with E-state index in [0.717, 1.165) is 24.2 Å². The monoisotopic (exact) mass is 322 g/mol. The highest BCUT2D eigenvalue weighted by Gasteiger charge is 2.63. The van der Waals surface area contributed by atoms with E-state index in [2.05, 4.69) is 47.7 Å². The lowest BCUT2D eigenvalue weighted by atomic mass is 9.86. The Hall–Kier alpha value is -0.283. The molecule has 2 saturated carbocycles. The van der Waals surface area contributed by atoms with Crippen molar-refractivity contribution in [1.82, 2.24) is 0 Å². The minimum atomic E-state index is -1.74. The molecule has 0 aromatic heterocycles. The van der Waals surface area contributed by atoms with E-state index in [1.807, 2.05) is 7.11 Å². The molecule has 22 heavy (non-hydrogen) atoms. The predicted octanol–water partition coefficient (Wildman–Crippen LogP) is 5.36. The van der Waals surface area contributed by atoms with Gasteiger partial charge in [-0.1, -0.05) is 20.8 Å². The fourth-order valence-corrected chi connectivity index (χ4v) is 7.14. The van der Waals surface area contributed by atoms with E-state index in [4.69, 9.17) is 9.16 Å². The van der Waals surface area contributed by atoms with E-state index < -0.39 is 8.32 Å². The Bertz CT molecular complexity index is 502. The van der Waals surface area contributed by atoms with Crippen LogP contribution >= 0.6 is 0 Å². The van der Waals surface area contributed by atoms with Crippen molar-refractivity contribution in [1.29, 1.82) is 0 Å². The van der Waals surface area contributed by atoms with Crippen molar-refractivity contribution >= 4 is 8.32 Å². The van der Waals surface area contributed by atoms with Gasteiger partial charge in [0.1, 0.15) is 0 Å². The molecule has 3 heteroatoms. The second-order valence-electron chi connectivity index (χ2n) is 9.60. The first-order chi connectivity index (χ1) is 10.0. The number of methoxy groups -OCH3 is 1. The van der Waals surface area contributed by atoms with Gasteiger partial charge in [0.25, 0.3) is 0 Å². The Balaban J connectivity index is 1.90. The van der Waals surface area contributed by atoms with E-state index in [9.17, 15) is 0 Å². The van der Waals surface area contributed by atoms with Crippen LogP contribution in [0.3, 0.4) is 0 Å². The number of hydrogen-bond donors (Lipinski definition) is 0. The van der Waals surface area contributed by atoms with Gasteiger partial charge < -0.3 is 9.16 Å². The summed E-state index contributed by atoms with van der Waals surface area (Å²) in [5.41, 5.74) is 1.59. The number of ether oxygens (including phenoxy) is 1. The van der Waals surface area contributed by atoms with Gasteiger partial charge in [-0.2, -0.15) is 0 Å². The highest BCUT2D eigenvalue weighted by molar-refractivity contribution is 6.74. The molecule has 3 rings (SSSR count). The van der Waals surface area contributed by atoms with Crippen LogP contribution in [-0.2, 0) is 9.16 Å². The van der Waals surface area contributed by atoms with E-state index >= 15 is 0 Å². The summed E-state index contributed by atoms with van der Waals surface area (Å²) in [6.45, 7) is 16.5. The summed E-state index contributed by atoms with van der Waals surface area (Å²) in [4.78, 5) is 0. The van der Waals surface area contributed by atoms with Crippen LogP contribution in [0.2, 0.25) is 18.1 Å². The van der Waals surface area contributed by atoms with Crippen LogP contribution in [0.15, 0.2) is 11.3 Å². The summed E-state index contributed by atoms with van der Waals surface area (Å²) in [5.74, 6) is 4.17. The molecule has 5 atom stereocenters. The summed E-state index contributed by atoms with van der Waals surface area (Å²) in [6.07, 6.45) is 3.83. The highest BCUT2D eigenvalue weighted by Crippen LogP contribution is 2.65. The van der Waals surface area contributed by atoms with E-state index in [-0.39, 0.29) is 10.6 Å². The van der Waals surface area contributed by atoms with Gasteiger partial charge in [0.2, 0.25) is 0 Å². The maximum atomic E-state index is 7.01. The lowest BCUT2D eigenvalue weighted by Gasteiger charge is -2.45. The van der Waals surface area contributed by atoms with Gasteiger partial charge >= 0.3 is 0 Å². The van der Waals surface area contributed by atoms with Gasteiger partial charge in [0.15, 0.2) is 8.32 Å². The summed E-state index contributed by atoms with van der Waals surface area (Å²) < 4.78 is 12.8. The van der Waals surface area contributed by atoms with Gasteiger partial charge in [-0.15, -0.1) is 0 Å². The zero-order chi connectivity index (χ0) is 16.5. The lowest BCUT2D eigenvalue weighted by molar-refractivity contribution is 0.0265. The molecule has 0 radical (unpaired) electrons. The molecule has 0 aromatic rings. The minimum Gasteiger partial charge on any atom is -0.501 e. The molecular weight excluding hydrogens is 288 g/mol. The minimum absolute atomic E-state index is 0.0531. The topological polar surface area (TPSA) is 18.5 Å². The molecule has 0 N–H and O–H groups in total. The van der Waals surface area contributed by atoms with Gasteiger partial charge in [-0.3, -0.25) is 0 Å². The molecule has 0 unspecified atom stereocenters. The third-order valence-electron chi connectivity index (χ3n) is 7.39. The van der Waals surface area contributed by atoms with Crippen molar-refractivity contribution < 1.29 is 9.16 Å². The van der Waals surface area contributed by atoms with Crippen molar-refractivity contribution in [2.45, 2.75) is 77.6 Å². The van der Waals surface area contributed by atoms with E-state index in [1.165, 1.54) is 24.2 Å². The maximum absolute atomic E-state index is 7.01. The molecule has 0 bridgehead atoms. The molecule has 0 heterocycles. The first-order valence-electron chi connectivity index (χ1n) is 8.96. The Morgan fingerprint density at radius 1 is 1.14 bits per heavy atom. The predicted molar refractivity (Wildman–Crippen MR) is 94.2 cm³/mol. The van der Waals surface area contributed by atoms with Crippen LogP contribution in [0.4, 0.5) is 0 Å². The molecule has 0 aliphatic heterocycles. The first kappa shape index (κ1) is 16.6. The average molecular weight is 323 g/mol. The standard InChI is InChI=1S/C19H34O2Si/c1-12-13-9-10-15-16(13)14(17(12)20-6)11-19(15,5)21-22(7,8)18(2,3)4/h13-16H,9-11H2,1-8H3/t13-,14-,15-,16-,19-/m1/s1. The molecule has 0 spiro atoms.